The number of nitrogens with one attached hydrogen (secondary N) is 2. The molecule has 3 aromatic heterocycles. The summed E-state index contributed by atoms with van der Waals surface area (Å²) in [5, 5.41) is 11.0. The molecule has 10 heteroatoms. The number of fused-ring (bicyclic) bond motifs is 1. The van der Waals surface area contributed by atoms with Crippen molar-refractivity contribution >= 4 is 27.1 Å². The molecule has 9 nitrogen and oxygen atoms in total. The predicted molar refractivity (Wildman–Crippen MR) is 113 cm³/mol. The summed E-state index contributed by atoms with van der Waals surface area (Å²) in [6, 6.07) is 14.5. The average Bonchev–Trinajstić information content (AvgIpc) is 3.34. The third-order valence-electron chi connectivity index (χ3n) is 4.58. The van der Waals surface area contributed by atoms with Crippen LogP contribution in [0.5, 0.6) is 0 Å². The first-order valence-electron chi connectivity index (χ1n) is 9.25. The van der Waals surface area contributed by atoms with E-state index in [0.29, 0.717) is 16.9 Å². The molecule has 0 saturated heterocycles. The Morgan fingerprint density at radius 3 is 2.70 bits per heavy atom. The van der Waals surface area contributed by atoms with Gasteiger partial charge >= 0.3 is 0 Å². The van der Waals surface area contributed by atoms with Gasteiger partial charge in [0.05, 0.1) is 40.1 Å². The SMILES string of the molecule is Cc1c(C(=O)NCCS(=O)(=O)Nc2ccn3nccc3c2)cnn1-c1ccccc1. The highest BCUT2D eigenvalue weighted by Gasteiger charge is 2.17. The molecule has 0 atom stereocenters. The van der Waals surface area contributed by atoms with Crippen molar-refractivity contribution in [3.63, 3.8) is 0 Å². The van der Waals surface area contributed by atoms with Crippen LogP contribution >= 0.6 is 0 Å². The number of aromatic nitrogens is 4. The van der Waals surface area contributed by atoms with Gasteiger partial charge in [-0.25, -0.2) is 17.6 Å². The Kier molecular flexibility index (Phi) is 5.23. The standard InChI is InChI=1S/C20H20N6O3S/c1-15-19(14-23-26(15)17-5-3-2-4-6-17)20(27)21-10-12-30(28,29)24-16-8-11-25-18(13-16)7-9-22-25/h2-9,11,13-14,24H,10,12H2,1H3,(H,21,27). The summed E-state index contributed by atoms with van der Waals surface area (Å²) in [6.07, 6.45) is 4.78. The minimum atomic E-state index is -3.63. The van der Waals surface area contributed by atoms with E-state index in [1.807, 2.05) is 30.3 Å². The molecule has 0 spiro atoms. The largest absolute Gasteiger partial charge is 0.351 e. The summed E-state index contributed by atoms with van der Waals surface area (Å²) in [6.45, 7) is 1.76. The summed E-state index contributed by atoms with van der Waals surface area (Å²) in [5.41, 5.74) is 3.13. The smallest absolute Gasteiger partial charge is 0.254 e. The number of nitrogens with zero attached hydrogens (tertiary/aromatic N) is 4. The van der Waals surface area contributed by atoms with Gasteiger partial charge in [-0.05, 0) is 37.3 Å². The number of benzene rings is 1. The molecule has 0 bridgehead atoms. The molecule has 4 aromatic rings. The molecule has 4 rings (SSSR count). The van der Waals surface area contributed by atoms with Gasteiger partial charge in [0, 0.05) is 18.9 Å². The summed E-state index contributed by atoms with van der Waals surface area (Å²) in [4.78, 5) is 12.5. The lowest BCUT2D eigenvalue weighted by atomic mass is 10.2. The Morgan fingerprint density at radius 1 is 1.10 bits per heavy atom. The molecule has 0 aliphatic rings. The third-order valence-corrected chi connectivity index (χ3v) is 5.87. The van der Waals surface area contributed by atoms with Gasteiger partial charge in [0.2, 0.25) is 10.0 Å². The number of amides is 1. The minimum absolute atomic E-state index is 0.0287. The molecule has 3 heterocycles. The summed E-state index contributed by atoms with van der Waals surface area (Å²) in [7, 11) is -3.63. The molecular weight excluding hydrogens is 404 g/mol. The summed E-state index contributed by atoms with van der Waals surface area (Å²) >= 11 is 0. The van der Waals surface area contributed by atoms with E-state index < -0.39 is 10.0 Å². The second kappa shape index (κ2) is 7.99. The zero-order chi connectivity index (χ0) is 21.1. The maximum atomic E-state index is 12.5. The number of sulfonamides is 1. The summed E-state index contributed by atoms with van der Waals surface area (Å²) in [5.74, 6) is -0.625. The van der Waals surface area contributed by atoms with Crippen molar-refractivity contribution in [1.82, 2.24) is 24.7 Å². The number of para-hydroxylation sites is 1. The molecule has 30 heavy (non-hydrogen) atoms. The van der Waals surface area contributed by atoms with Crippen LogP contribution in [0.2, 0.25) is 0 Å². The van der Waals surface area contributed by atoms with E-state index in [0.717, 1.165) is 11.2 Å². The van der Waals surface area contributed by atoms with Gasteiger partial charge in [-0.2, -0.15) is 10.2 Å². The lowest BCUT2D eigenvalue weighted by Crippen LogP contribution is -2.31. The van der Waals surface area contributed by atoms with Crippen LogP contribution in [0.1, 0.15) is 16.1 Å². The van der Waals surface area contributed by atoms with Crippen molar-refractivity contribution in [2.45, 2.75) is 6.92 Å². The van der Waals surface area contributed by atoms with Crippen LogP contribution in [0.3, 0.4) is 0 Å². The number of pyridine rings is 1. The van der Waals surface area contributed by atoms with Gasteiger partial charge in [0.25, 0.3) is 5.91 Å². The summed E-state index contributed by atoms with van der Waals surface area (Å²) < 4.78 is 30.5. The quantitative estimate of drug-likeness (QED) is 0.471. The zero-order valence-corrected chi connectivity index (χ0v) is 17.0. The number of carbonyl (C=O) groups excluding carboxylic acids is 1. The molecule has 1 aromatic carbocycles. The first kappa shape index (κ1) is 19.6. The van der Waals surface area contributed by atoms with Gasteiger partial charge in [-0.3, -0.25) is 9.52 Å². The van der Waals surface area contributed by atoms with Crippen LogP contribution < -0.4 is 10.0 Å². The van der Waals surface area contributed by atoms with Gasteiger partial charge < -0.3 is 5.32 Å². The molecule has 0 aliphatic heterocycles. The maximum absolute atomic E-state index is 12.5. The van der Waals surface area contributed by atoms with Crippen molar-refractivity contribution in [2.24, 2.45) is 0 Å². The van der Waals surface area contributed by atoms with E-state index in [1.165, 1.54) is 6.20 Å². The molecule has 154 valence electrons. The highest BCUT2D eigenvalue weighted by molar-refractivity contribution is 7.92. The van der Waals surface area contributed by atoms with Crippen molar-refractivity contribution in [3.8, 4) is 5.69 Å². The van der Waals surface area contributed by atoms with Gasteiger partial charge in [-0.15, -0.1) is 0 Å². The number of carbonyl (C=O) groups is 1. The van der Waals surface area contributed by atoms with E-state index in [4.69, 9.17) is 0 Å². The lowest BCUT2D eigenvalue weighted by Gasteiger charge is -2.09. The van der Waals surface area contributed by atoms with E-state index in [1.54, 1.807) is 46.7 Å². The highest BCUT2D eigenvalue weighted by atomic mass is 32.2. The van der Waals surface area contributed by atoms with Crippen LogP contribution in [-0.4, -0.2) is 46.0 Å². The molecule has 1 amide bonds. The van der Waals surface area contributed by atoms with Crippen molar-refractivity contribution in [2.75, 3.05) is 17.0 Å². The van der Waals surface area contributed by atoms with E-state index >= 15 is 0 Å². The Bertz CT molecular complexity index is 1290. The second-order valence-electron chi connectivity index (χ2n) is 6.68. The molecule has 0 radical (unpaired) electrons. The Hall–Kier alpha value is -3.66. The monoisotopic (exact) mass is 424 g/mol. The van der Waals surface area contributed by atoms with Crippen LogP contribution in [0.4, 0.5) is 5.69 Å². The predicted octanol–water partition coefficient (Wildman–Crippen LogP) is 2.00. The maximum Gasteiger partial charge on any atom is 0.254 e. The van der Waals surface area contributed by atoms with Crippen LogP contribution in [0.25, 0.3) is 11.2 Å². The molecule has 0 saturated carbocycles. The normalized spacial score (nSPS) is 11.5. The highest BCUT2D eigenvalue weighted by Crippen LogP contribution is 2.14. The second-order valence-corrected chi connectivity index (χ2v) is 8.53. The average molecular weight is 424 g/mol. The van der Waals surface area contributed by atoms with E-state index in [-0.39, 0.29) is 18.2 Å². The zero-order valence-electron chi connectivity index (χ0n) is 16.2. The fraction of sp³-hybridized carbons (Fsp3) is 0.150. The van der Waals surface area contributed by atoms with Gasteiger partial charge in [-0.1, -0.05) is 18.2 Å². The van der Waals surface area contributed by atoms with Gasteiger partial charge in [0.15, 0.2) is 0 Å². The molecule has 2 N–H and O–H groups in total. The number of hydrogen-bond donors (Lipinski definition) is 2. The Labute approximate surface area is 173 Å². The molecular formula is C20H20N6O3S. The Balaban J connectivity index is 1.36. The third kappa shape index (κ3) is 4.18. The molecule has 0 unspecified atom stereocenters. The van der Waals surface area contributed by atoms with E-state index in [2.05, 4.69) is 20.2 Å². The molecule has 0 fully saturated rings. The Morgan fingerprint density at radius 2 is 1.90 bits per heavy atom. The fourth-order valence-electron chi connectivity index (χ4n) is 3.07. The van der Waals surface area contributed by atoms with Crippen LogP contribution in [0.15, 0.2) is 67.1 Å². The van der Waals surface area contributed by atoms with Crippen LogP contribution in [-0.2, 0) is 10.0 Å². The minimum Gasteiger partial charge on any atom is -0.351 e. The first-order valence-corrected chi connectivity index (χ1v) is 10.9. The van der Waals surface area contributed by atoms with Gasteiger partial charge in [0.1, 0.15) is 0 Å². The van der Waals surface area contributed by atoms with Crippen molar-refractivity contribution in [1.29, 1.82) is 0 Å². The lowest BCUT2D eigenvalue weighted by molar-refractivity contribution is 0.0955. The number of hydrogen-bond acceptors (Lipinski definition) is 5. The van der Waals surface area contributed by atoms with Crippen LogP contribution in [0, 0.1) is 6.92 Å². The topological polar surface area (TPSA) is 110 Å². The molecule has 0 aliphatic carbocycles. The van der Waals surface area contributed by atoms with E-state index in [9.17, 15) is 13.2 Å². The van der Waals surface area contributed by atoms with Crippen molar-refractivity contribution < 1.29 is 13.2 Å². The number of anilines is 1. The first-order chi connectivity index (χ1) is 14.4. The van der Waals surface area contributed by atoms with Crippen molar-refractivity contribution in [3.05, 3.63) is 78.4 Å². The number of rotatable bonds is 7. The fourth-order valence-corrected chi connectivity index (χ4v) is 4.03.